The highest BCUT2D eigenvalue weighted by molar-refractivity contribution is 6.30. The molecule has 0 spiro atoms. The number of carbonyl (C=O) groups excluding carboxylic acids is 2. The Kier molecular flexibility index (Phi) is 8.29. The highest BCUT2D eigenvalue weighted by Crippen LogP contribution is 2.29. The van der Waals surface area contributed by atoms with Crippen molar-refractivity contribution in [2.24, 2.45) is 0 Å². The van der Waals surface area contributed by atoms with Crippen LogP contribution in [0.2, 0.25) is 5.02 Å². The van der Waals surface area contributed by atoms with Crippen LogP contribution in [0.3, 0.4) is 0 Å². The molecule has 2 heterocycles. The summed E-state index contributed by atoms with van der Waals surface area (Å²) in [6, 6.07) is 12.7. The molecule has 34 heavy (non-hydrogen) atoms. The van der Waals surface area contributed by atoms with Crippen LogP contribution < -0.4 is 9.47 Å². The average molecular weight is 486 g/mol. The number of piperazine rings is 1. The van der Waals surface area contributed by atoms with E-state index >= 15 is 0 Å². The predicted octanol–water partition coefficient (Wildman–Crippen LogP) is 3.70. The van der Waals surface area contributed by atoms with Crippen LogP contribution in [0.15, 0.2) is 42.5 Å². The van der Waals surface area contributed by atoms with Crippen molar-refractivity contribution in [1.82, 2.24) is 14.7 Å². The van der Waals surface area contributed by atoms with Gasteiger partial charge < -0.3 is 19.3 Å². The number of ether oxygens (including phenoxy) is 2. The molecule has 2 saturated heterocycles. The maximum absolute atomic E-state index is 13.1. The fourth-order valence-electron chi connectivity index (χ4n) is 4.39. The molecule has 0 aliphatic carbocycles. The normalized spacial score (nSPS) is 16.9. The third-order valence-electron chi connectivity index (χ3n) is 6.45. The lowest BCUT2D eigenvalue weighted by Crippen LogP contribution is -2.52. The first-order valence-corrected chi connectivity index (χ1v) is 12.3. The molecule has 2 aromatic rings. The summed E-state index contributed by atoms with van der Waals surface area (Å²) in [4.78, 5) is 31.6. The Morgan fingerprint density at radius 1 is 0.853 bits per heavy atom. The second-order valence-corrected chi connectivity index (χ2v) is 9.23. The second kappa shape index (κ2) is 11.6. The van der Waals surface area contributed by atoms with Crippen LogP contribution in [-0.2, 0) is 11.4 Å². The maximum atomic E-state index is 13.1. The van der Waals surface area contributed by atoms with Crippen LogP contribution in [0.1, 0.15) is 35.2 Å². The number of rotatable bonds is 7. The number of likely N-dealkylation sites (tertiary alicyclic amines) is 1. The molecule has 182 valence electrons. The average Bonchev–Trinajstić information content (AvgIpc) is 2.89. The topological polar surface area (TPSA) is 62.3 Å². The van der Waals surface area contributed by atoms with E-state index in [9.17, 15) is 9.59 Å². The Hall–Kier alpha value is -2.77. The van der Waals surface area contributed by atoms with E-state index in [0.29, 0.717) is 61.4 Å². The number of benzene rings is 2. The van der Waals surface area contributed by atoms with Gasteiger partial charge in [-0.3, -0.25) is 14.5 Å². The van der Waals surface area contributed by atoms with Crippen LogP contribution >= 0.6 is 11.6 Å². The number of nitrogens with zero attached hydrogens (tertiary/aromatic N) is 3. The molecule has 2 aromatic carbocycles. The highest BCUT2D eigenvalue weighted by atomic mass is 35.5. The van der Waals surface area contributed by atoms with Crippen molar-refractivity contribution in [2.75, 3.05) is 52.9 Å². The van der Waals surface area contributed by atoms with E-state index in [2.05, 4.69) is 4.90 Å². The lowest BCUT2D eigenvalue weighted by atomic mass is 10.1. The summed E-state index contributed by atoms with van der Waals surface area (Å²) in [6.07, 6.45) is 3.41. The summed E-state index contributed by atoms with van der Waals surface area (Å²) < 4.78 is 11.4. The number of piperidine rings is 1. The lowest BCUT2D eigenvalue weighted by molar-refractivity contribution is -0.133. The molecule has 0 unspecified atom stereocenters. The summed E-state index contributed by atoms with van der Waals surface area (Å²) in [5.41, 5.74) is 1.55. The Labute approximate surface area is 206 Å². The van der Waals surface area contributed by atoms with Gasteiger partial charge in [0, 0.05) is 49.9 Å². The summed E-state index contributed by atoms with van der Waals surface area (Å²) in [6.45, 7) is 5.16. The maximum Gasteiger partial charge on any atom is 0.254 e. The van der Waals surface area contributed by atoms with Crippen LogP contribution in [0.25, 0.3) is 0 Å². The van der Waals surface area contributed by atoms with Crippen LogP contribution in [-0.4, -0.2) is 79.4 Å². The van der Waals surface area contributed by atoms with Gasteiger partial charge in [-0.25, -0.2) is 0 Å². The molecular formula is C26H32ClN3O4. The molecular weight excluding hydrogens is 454 g/mol. The van der Waals surface area contributed by atoms with E-state index in [-0.39, 0.29) is 11.8 Å². The van der Waals surface area contributed by atoms with Crippen molar-refractivity contribution in [2.45, 2.75) is 25.9 Å². The summed E-state index contributed by atoms with van der Waals surface area (Å²) >= 11 is 5.93. The van der Waals surface area contributed by atoms with Gasteiger partial charge in [0.25, 0.3) is 5.91 Å². The van der Waals surface area contributed by atoms with Gasteiger partial charge >= 0.3 is 0 Å². The van der Waals surface area contributed by atoms with Gasteiger partial charge in [0.2, 0.25) is 5.91 Å². The van der Waals surface area contributed by atoms with Gasteiger partial charge in [0.1, 0.15) is 6.61 Å². The first kappa shape index (κ1) is 24.4. The first-order chi connectivity index (χ1) is 16.5. The van der Waals surface area contributed by atoms with Crippen molar-refractivity contribution in [3.05, 3.63) is 58.6 Å². The Balaban J connectivity index is 1.30. The van der Waals surface area contributed by atoms with Gasteiger partial charge in [-0.05, 0) is 55.2 Å². The third kappa shape index (κ3) is 6.21. The largest absolute Gasteiger partial charge is 0.493 e. The molecule has 7 nitrogen and oxygen atoms in total. The third-order valence-corrected chi connectivity index (χ3v) is 6.70. The van der Waals surface area contributed by atoms with Crippen LogP contribution in [0.5, 0.6) is 11.5 Å². The van der Waals surface area contributed by atoms with E-state index in [4.69, 9.17) is 21.1 Å². The Morgan fingerprint density at radius 2 is 1.56 bits per heavy atom. The zero-order chi connectivity index (χ0) is 23.9. The summed E-state index contributed by atoms with van der Waals surface area (Å²) in [7, 11) is 1.57. The molecule has 2 fully saturated rings. The summed E-state index contributed by atoms with van der Waals surface area (Å²) in [5, 5.41) is 0.679. The van der Waals surface area contributed by atoms with Crippen molar-refractivity contribution < 1.29 is 19.1 Å². The number of halogens is 1. The monoisotopic (exact) mass is 485 g/mol. The molecule has 2 aliphatic rings. The smallest absolute Gasteiger partial charge is 0.254 e. The van der Waals surface area contributed by atoms with Crippen molar-refractivity contribution in [3.8, 4) is 11.5 Å². The molecule has 2 aliphatic heterocycles. The quantitative estimate of drug-likeness (QED) is 0.598. The lowest BCUT2D eigenvalue weighted by Gasteiger charge is -2.36. The molecule has 0 radical (unpaired) electrons. The molecule has 8 heteroatoms. The van der Waals surface area contributed by atoms with Crippen LogP contribution in [0, 0.1) is 0 Å². The van der Waals surface area contributed by atoms with Gasteiger partial charge in [-0.15, -0.1) is 0 Å². The van der Waals surface area contributed by atoms with Crippen molar-refractivity contribution >= 4 is 23.4 Å². The molecule has 2 amide bonds. The number of hydrogen-bond acceptors (Lipinski definition) is 5. The molecule has 0 bridgehead atoms. The first-order valence-electron chi connectivity index (χ1n) is 11.9. The molecule has 0 atom stereocenters. The highest BCUT2D eigenvalue weighted by Gasteiger charge is 2.26. The van der Waals surface area contributed by atoms with Crippen molar-refractivity contribution in [1.29, 1.82) is 0 Å². The zero-order valence-electron chi connectivity index (χ0n) is 19.7. The van der Waals surface area contributed by atoms with E-state index in [1.54, 1.807) is 25.3 Å². The van der Waals surface area contributed by atoms with E-state index in [1.165, 1.54) is 6.42 Å². The SMILES string of the molecule is COc1cc(C(=O)N2CCN(CC(=O)N3CCCCC3)CC2)ccc1OCc1ccc(Cl)cc1. The number of carbonyl (C=O) groups is 2. The predicted molar refractivity (Wildman–Crippen MR) is 132 cm³/mol. The van der Waals surface area contributed by atoms with Gasteiger partial charge in [0.15, 0.2) is 11.5 Å². The number of hydrogen-bond donors (Lipinski definition) is 0. The molecule has 0 aromatic heterocycles. The van der Waals surface area contributed by atoms with E-state index < -0.39 is 0 Å². The minimum atomic E-state index is -0.0374. The molecule has 0 saturated carbocycles. The number of methoxy groups -OCH3 is 1. The number of amides is 2. The molecule has 0 N–H and O–H groups in total. The van der Waals surface area contributed by atoms with E-state index in [1.807, 2.05) is 34.1 Å². The second-order valence-electron chi connectivity index (χ2n) is 8.79. The van der Waals surface area contributed by atoms with Gasteiger partial charge in [-0.2, -0.15) is 0 Å². The fourth-order valence-corrected chi connectivity index (χ4v) is 4.51. The van der Waals surface area contributed by atoms with Crippen molar-refractivity contribution in [3.63, 3.8) is 0 Å². The van der Waals surface area contributed by atoms with Gasteiger partial charge in [-0.1, -0.05) is 23.7 Å². The minimum absolute atomic E-state index is 0.0374. The zero-order valence-corrected chi connectivity index (χ0v) is 20.4. The fraction of sp³-hybridized carbons (Fsp3) is 0.462. The summed E-state index contributed by atoms with van der Waals surface area (Å²) in [5.74, 6) is 1.27. The van der Waals surface area contributed by atoms with E-state index in [0.717, 1.165) is 31.5 Å². The van der Waals surface area contributed by atoms with Crippen LogP contribution in [0.4, 0.5) is 0 Å². The Bertz CT molecular complexity index is 984. The standard InChI is InChI=1S/C26H32ClN3O4/c1-33-24-17-21(7-10-23(24)34-19-20-5-8-22(27)9-6-20)26(32)30-15-13-28(14-16-30)18-25(31)29-11-3-2-4-12-29/h5-10,17H,2-4,11-16,18-19H2,1H3. The minimum Gasteiger partial charge on any atom is -0.493 e. The molecule has 4 rings (SSSR count). The Morgan fingerprint density at radius 3 is 2.24 bits per heavy atom. The van der Waals surface area contributed by atoms with Gasteiger partial charge in [0.05, 0.1) is 13.7 Å².